The van der Waals surface area contributed by atoms with Crippen LogP contribution in [0.3, 0.4) is 0 Å². The molecule has 0 saturated carbocycles. The molecule has 1 amide bonds. The Morgan fingerprint density at radius 3 is 2.42 bits per heavy atom. The topological polar surface area (TPSA) is 68.7 Å². The number of amides is 1. The van der Waals surface area contributed by atoms with Crippen LogP contribution in [0.2, 0.25) is 0 Å². The Morgan fingerprint density at radius 2 is 1.77 bits per heavy atom. The molecule has 2 heterocycles. The van der Waals surface area contributed by atoms with Crippen molar-refractivity contribution in [3.8, 4) is 0 Å². The number of carbonyl (C=O) groups excluding carboxylic acids is 1. The van der Waals surface area contributed by atoms with Gasteiger partial charge in [0.15, 0.2) is 0 Å². The second-order valence-corrected chi connectivity index (χ2v) is 6.64. The number of aliphatic hydroxyl groups is 1. The van der Waals surface area contributed by atoms with Gasteiger partial charge in [0.05, 0.1) is 12.1 Å². The van der Waals surface area contributed by atoms with E-state index >= 15 is 0 Å². The molecule has 1 aliphatic heterocycles. The lowest BCUT2D eigenvalue weighted by molar-refractivity contribution is -0.120. The van der Waals surface area contributed by atoms with E-state index in [4.69, 9.17) is 0 Å². The minimum absolute atomic E-state index is 0.0515. The molecule has 1 aromatic heterocycles. The highest BCUT2D eigenvalue weighted by molar-refractivity contribution is 5.95. The summed E-state index contributed by atoms with van der Waals surface area (Å²) >= 11 is 0. The average Bonchev–Trinajstić information content (AvgIpc) is 2.68. The number of anilines is 2. The molecule has 0 bridgehead atoms. The smallest absolute Gasteiger partial charge is 0.241 e. The van der Waals surface area contributed by atoms with Crippen LogP contribution in [0, 0.1) is 0 Å². The highest BCUT2D eigenvalue weighted by Gasteiger charge is 2.26. The highest BCUT2D eigenvalue weighted by Crippen LogP contribution is 2.23. The molecule has 0 spiro atoms. The molecule has 6 nitrogen and oxygen atoms in total. The van der Waals surface area contributed by atoms with Crippen molar-refractivity contribution in [2.24, 2.45) is 0 Å². The van der Waals surface area contributed by atoms with Crippen LogP contribution in [0.1, 0.15) is 25.5 Å². The molecule has 1 saturated heterocycles. The third-order valence-corrected chi connectivity index (χ3v) is 4.88. The minimum Gasteiger partial charge on any atom is -0.389 e. The SMILES string of the molecule is C[C@@H](O)c1ccccc1NC(=O)[C@H](C)N1CCN(c2ccccn2)CC1. The van der Waals surface area contributed by atoms with E-state index < -0.39 is 6.10 Å². The van der Waals surface area contributed by atoms with E-state index in [1.54, 1.807) is 13.1 Å². The average molecular weight is 354 g/mol. The molecule has 1 aliphatic rings. The Hall–Kier alpha value is -2.44. The molecular weight excluding hydrogens is 328 g/mol. The van der Waals surface area contributed by atoms with Gasteiger partial charge in [-0.25, -0.2) is 4.98 Å². The number of rotatable bonds is 5. The van der Waals surface area contributed by atoms with Crippen LogP contribution in [0.4, 0.5) is 11.5 Å². The predicted molar refractivity (Wildman–Crippen MR) is 103 cm³/mol. The highest BCUT2D eigenvalue weighted by atomic mass is 16.3. The minimum atomic E-state index is -0.622. The first-order valence-corrected chi connectivity index (χ1v) is 9.04. The van der Waals surface area contributed by atoms with Gasteiger partial charge in [-0.2, -0.15) is 0 Å². The summed E-state index contributed by atoms with van der Waals surface area (Å²) in [6.45, 7) is 6.94. The van der Waals surface area contributed by atoms with Gasteiger partial charge in [0.2, 0.25) is 5.91 Å². The third kappa shape index (κ3) is 4.20. The Bertz CT molecular complexity index is 728. The van der Waals surface area contributed by atoms with E-state index in [9.17, 15) is 9.90 Å². The molecule has 2 atom stereocenters. The summed E-state index contributed by atoms with van der Waals surface area (Å²) in [5.41, 5.74) is 1.40. The molecule has 0 unspecified atom stereocenters. The van der Waals surface area contributed by atoms with Crippen LogP contribution in [-0.4, -0.2) is 53.1 Å². The second-order valence-electron chi connectivity index (χ2n) is 6.64. The van der Waals surface area contributed by atoms with Gasteiger partial charge in [-0.05, 0) is 32.0 Å². The normalized spacial score (nSPS) is 17.6. The lowest BCUT2D eigenvalue weighted by Crippen LogP contribution is -2.53. The molecular formula is C20H26N4O2. The maximum absolute atomic E-state index is 12.7. The second kappa shape index (κ2) is 8.29. The third-order valence-electron chi connectivity index (χ3n) is 4.88. The molecule has 2 N–H and O–H groups in total. The van der Waals surface area contributed by atoms with Crippen molar-refractivity contribution in [3.63, 3.8) is 0 Å². The molecule has 1 aromatic carbocycles. The van der Waals surface area contributed by atoms with Crippen molar-refractivity contribution in [2.75, 3.05) is 36.4 Å². The van der Waals surface area contributed by atoms with Gasteiger partial charge in [0.25, 0.3) is 0 Å². The predicted octanol–water partition coefficient (Wildman–Crippen LogP) is 2.28. The van der Waals surface area contributed by atoms with Crippen molar-refractivity contribution >= 4 is 17.4 Å². The Kier molecular flexibility index (Phi) is 5.85. The van der Waals surface area contributed by atoms with Crippen molar-refractivity contribution in [3.05, 3.63) is 54.2 Å². The van der Waals surface area contributed by atoms with E-state index in [0.29, 0.717) is 5.69 Å². The molecule has 3 rings (SSSR count). The number of aromatic nitrogens is 1. The van der Waals surface area contributed by atoms with Gasteiger partial charge in [-0.1, -0.05) is 24.3 Å². The first-order valence-electron chi connectivity index (χ1n) is 9.04. The summed E-state index contributed by atoms with van der Waals surface area (Å²) in [6, 6.07) is 13.1. The standard InChI is InChI=1S/C20H26N4O2/c1-15(20(26)22-18-8-4-3-7-17(18)16(2)25)23-11-13-24(14-12-23)19-9-5-6-10-21-19/h3-10,15-16,25H,11-14H2,1-2H3,(H,22,26)/t15-,16+/m0/s1. The number of benzene rings is 1. The van der Waals surface area contributed by atoms with Crippen LogP contribution in [0.15, 0.2) is 48.7 Å². The van der Waals surface area contributed by atoms with Gasteiger partial charge >= 0.3 is 0 Å². The summed E-state index contributed by atoms with van der Waals surface area (Å²) in [6.07, 6.45) is 1.18. The van der Waals surface area contributed by atoms with Crippen molar-refractivity contribution < 1.29 is 9.90 Å². The first-order chi connectivity index (χ1) is 12.6. The maximum atomic E-state index is 12.7. The van der Waals surface area contributed by atoms with Gasteiger partial charge in [0, 0.05) is 43.6 Å². The van der Waals surface area contributed by atoms with E-state index in [2.05, 4.69) is 20.1 Å². The number of pyridine rings is 1. The Balaban J connectivity index is 1.58. The first kappa shape index (κ1) is 18.4. The number of nitrogens with zero attached hydrogens (tertiary/aromatic N) is 3. The molecule has 26 heavy (non-hydrogen) atoms. The van der Waals surface area contributed by atoms with Gasteiger partial charge in [-0.15, -0.1) is 0 Å². The summed E-state index contributed by atoms with van der Waals surface area (Å²) in [4.78, 5) is 21.5. The summed E-state index contributed by atoms with van der Waals surface area (Å²) in [5.74, 6) is 0.930. The van der Waals surface area contributed by atoms with E-state index in [1.165, 1.54) is 0 Å². The van der Waals surface area contributed by atoms with Crippen LogP contribution in [0.25, 0.3) is 0 Å². The van der Waals surface area contributed by atoms with Gasteiger partial charge in [-0.3, -0.25) is 9.69 Å². The monoisotopic (exact) mass is 354 g/mol. The Labute approximate surface area is 154 Å². The zero-order valence-corrected chi connectivity index (χ0v) is 15.3. The summed E-state index contributed by atoms with van der Waals surface area (Å²) < 4.78 is 0. The fourth-order valence-corrected chi connectivity index (χ4v) is 3.26. The maximum Gasteiger partial charge on any atom is 0.241 e. The van der Waals surface area contributed by atoms with Crippen LogP contribution in [-0.2, 0) is 4.79 Å². The largest absolute Gasteiger partial charge is 0.389 e. The quantitative estimate of drug-likeness (QED) is 0.862. The lowest BCUT2D eigenvalue weighted by atomic mass is 10.1. The number of para-hydroxylation sites is 1. The fraction of sp³-hybridized carbons (Fsp3) is 0.400. The Morgan fingerprint density at radius 1 is 1.08 bits per heavy atom. The number of hydrogen-bond donors (Lipinski definition) is 2. The van der Waals surface area contributed by atoms with Crippen LogP contribution < -0.4 is 10.2 Å². The number of hydrogen-bond acceptors (Lipinski definition) is 5. The van der Waals surface area contributed by atoms with Crippen LogP contribution >= 0.6 is 0 Å². The van der Waals surface area contributed by atoms with Crippen molar-refractivity contribution in [1.82, 2.24) is 9.88 Å². The molecule has 6 heteroatoms. The fourth-order valence-electron chi connectivity index (χ4n) is 3.26. The van der Waals surface area contributed by atoms with E-state index in [1.807, 2.05) is 49.4 Å². The zero-order chi connectivity index (χ0) is 18.5. The van der Waals surface area contributed by atoms with E-state index in [0.717, 1.165) is 37.6 Å². The van der Waals surface area contributed by atoms with Gasteiger partial charge < -0.3 is 15.3 Å². The van der Waals surface area contributed by atoms with Crippen molar-refractivity contribution in [1.29, 1.82) is 0 Å². The van der Waals surface area contributed by atoms with Crippen LogP contribution in [0.5, 0.6) is 0 Å². The molecule has 1 fully saturated rings. The number of carbonyl (C=O) groups is 1. The summed E-state index contributed by atoms with van der Waals surface area (Å²) in [7, 11) is 0. The molecule has 0 radical (unpaired) electrons. The molecule has 2 aromatic rings. The summed E-state index contributed by atoms with van der Waals surface area (Å²) in [5, 5.41) is 12.8. The van der Waals surface area contributed by atoms with Crippen molar-refractivity contribution in [2.45, 2.75) is 26.0 Å². The number of nitrogens with one attached hydrogen (secondary N) is 1. The number of aliphatic hydroxyl groups excluding tert-OH is 1. The van der Waals surface area contributed by atoms with E-state index in [-0.39, 0.29) is 11.9 Å². The number of piperazine rings is 1. The lowest BCUT2D eigenvalue weighted by Gasteiger charge is -2.38. The zero-order valence-electron chi connectivity index (χ0n) is 15.3. The molecule has 138 valence electrons. The molecule has 0 aliphatic carbocycles. The van der Waals surface area contributed by atoms with Gasteiger partial charge in [0.1, 0.15) is 5.82 Å².